The third-order valence-electron chi connectivity index (χ3n) is 4.32. The molecule has 0 bridgehead atoms. The van der Waals surface area contributed by atoms with E-state index in [1.807, 2.05) is 37.3 Å². The van der Waals surface area contributed by atoms with Crippen LogP contribution in [0.3, 0.4) is 0 Å². The average molecular weight is 413 g/mol. The van der Waals surface area contributed by atoms with Gasteiger partial charge in [0.15, 0.2) is 0 Å². The molecule has 1 aromatic heterocycles. The molecule has 0 radical (unpaired) electrons. The van der Waals surface area contributed by atoms with Crippen LogP contribution in [0.25, 0.3) is 11.5 Å². The third-order valence-corrected chi connectivity index (χ3v) is 5.12. The molecule has 2 aromatic carbocycles. The van der Waals surface area contributed by atoms with Gasteiger partial charge in [0, 0.05) is 19.2 Å². The van der Waals surface area contributed by atoms with E-state index in [1.54, 1.807) is 37.3 Å². The van der Waals surface area contributed by atoms with Gasteiger partial charge in [-0.15, -0.1) is 10.2 Å². The van der Waals surface area contributed by atoms with E-state index in [9.17, 15) is 4.79 Å². The van der Waals surface area contributed by atoms with E-state index in [1.165, 1.54) is 11.8 Å². The number of carbonyl (C=O) groups excluding carboxylic acids is 1. The number of carbonyl (C=O) groups is 1. The van der Waals surface area contributed by atoms with Gasteiger partial charge < -0.3 is 18.8 Å². The number of ether oxygens (including phenoxy) is 2. The maximum absolute atomic E-state index is 12.6. The summed E-state index contributed by atoms with van der Waals surface area (Å²) in [7, 11) is 3.15. The smallest absolute Gasteiger partial charge is 0.277 e. The van der Waals surface area contributed by atoms with Crippen LogP contribution in [0.2, 0.25) is 0 Å². The molecule has 1 amide bonds. The van der Waals surface area contributed by atoms with Gasteiger partial charge in [0.25, 0.3) is 11.1 Å². The summed E-state index contributed by atoms with van der Waals surface area (Å²) >= 11 is 1.22. The molecule has 3 rings (SSSR count). The summed E-state index contributed by atoms with van der Waals surface area (Å²) in [5, 5.41) is 8.45. The predicted octanol–water partition coefficient (Wildman–Crippen LogP) is 3.89. The lowest BCUT2D eigenvalue weighted by atomic mass is 10.2. The van der Waals surface area contributed by atoms with Gasteiger partial charge in [0.05, 0.1) is 25.5 Å². The first-order valence-corrected chi connectivity index (χ1v) is 10.1. The zero-order valence-corrected chi connectivity index (χ0v) is 17.4. The highest BCUT2D eigenvalue weighted by Crippen LogP contribution is 2.33. The standard InChI is InChI=1S/C21H23N3O4S/c1-4-24(13-15-8-6-5-7-9-15)19(25)14-29-21-23-22-20(28-21)17-11-10-16(26-2)12-18(17)27-3/h5-12H,4,13-14H2,1-3H3. The Kier molecular flexibility index (Phi) is 7.13. The number of thioether (sulfide) groups is 1. The summed E-state index contributed by atoms with van der Waals surface area (Å²) < 4.78 is 16.3. The van der Waals surface area contributed by atoms with Crippen molar-refractivity contribution in [3.8, 4) is 23.0 Å². The topological polar surface area (TPSA) is 77.7 Å². The van der Waals surface area contributed by atoms with E-state index in [-0.39, 0.29) is 11.7 Å². The van der Waals surface area contributed by atoms with E-state index in [4.69, 9.17) is 13.9 Å². The van der Waals surface area contributed by atoms with Crippen molar-refractivity contribution in [2.24, 2.45) is 0 Å². The fraction of sp³-hybridized carbons (Fsp3) is 0.286. The fourth-order valence-electron chi connectivity index (χ4n) is 2.75. The number of aromatic nitrogens is 2. The summed E-state index contributed by atoms with van der Waals surface area (Å²) in [5.41, 5.74) is 1.76. The van der Waals surface area contributed by atoms with Gasteiger partial charge in [-0.3, -0.25) is 4.79 Å². The Labute approximate surface area is 174 Å². The van der Waals surface area contributed by atoms with Crippen molar-refractivity contribution in [2.45, 2.75) is 18.7 Å². The number of amides is 1. The third kappa shape index (κ3) is 5.29. The molecule has 0 atom stereocenters. The molecule has 0 N–H and O–H groups in total. The van der Waals surface area contributed by atoms with Gasteiger partial charge in [0.2, 0.25) is 5.91 Å². The van der Waals surface area contributed by atoms with Gasteiger partial charge >= 0.3 is 0 Å². The van der Waals surface area contributed by atoms with Crippen molar-refractivity contribution in [2.75, 3.05) is 26.5 Å². The predicted molar refractivity (Wildman–Crippen MR) is 111 cm³/mol. The lowest BCUT2D eigenvalue weighted by Crippen LogP contribution is -2.31. The van der Waals surface area contributed by atoms with Crippen LogP contribution in [-0.4, -0.2) is 47.5 Å². The molecule has 0 saturated carbocycles. The van der Waals surface area contributed by atoms with Gasteiger partial charge in [0.1, 0.15) is 11.5 Å². The Hall–Kier alpha value is -3.00. The average Bonchev–Trinajstić information content (AvgIpc) is 3.24. The lowest BCUT2D eigenvalue weighted by molar-refractivity contribution is -0.128. The number of benzene rings is 2. The van der Waals surface area contributed by atoms with Crippen molar-refractivity contribution in [1.29, 1.82) is 0 Å². The largest absolute Gasteiger partial charge is 0.497 e. The maximum atomic E-state index is 12.6. The van der Waals surface area contributed by atoms with Crippen LogP contribution < -0.4 is 9.47 Å². The molecular weight excluding hydrogens is 390 g/mol. The van der Waals surface area contributed by atoms with E-state index in [0.29, 0.717) is 41.3 Å². The zero-order chi connectivity index (χ0) is 20.6. The van der Waals surface area contributed by atoms with Crippen LogP contribution in [0.4, 0.5) is 0 Å². The highest BCUT2D eigenvalue weighted by Gasteiger charge is 2.17. The number of hydrogen-bond donors (Lipinski definition) is 0. The van der Waals surface area contributed by atoms with E-state index >= 15 is 0 Å². The monoisotopic (exact) mass is 413 g/mol. The molecule has 0 saturated heterocycles. The van der Waals surface area contributed by atoms with Crippen molar-refractivity contribution in [3.63, 3.8) is 0 Å². The normalized spacial score (nSPS) is 10.6. The quantitative estimate of drug-likeness (QED) is 0.492. The van der Waals surface area contributed by atoms with Crippen LogP contribution in [-0.2, 0) is 11.3 Å². The summed E-state index contributed by atoms with van der Waals surface area (Å²) in [6.07, 6.45) is 0. The minimum atomic E-state index is 0.0168. The highest BCUT2D eigenvalue weighted by atomic mass is 32.2. The van der Waals surface area contributed by atoms with E-state index in [2.05, 4.69) is 10.2 Å². The molecule has 29 heavy (non-hydrogen) atoms. The number of methoxy groups -OCH3 is 2. The van der Waals surface area contributed by atoms with Crippen LogP contribution in [0.1, 0.15) is 12.5 Å². The molecule has 1 heterocycles. The molecule has 0 aliphatic heterocycles. The minimum Gasteiger partial charge on any atom is -0.497 e. The fourth-order valence-corrected chi connectivity index (χ4v) is 3.41. The molecule has 0 spiro atoms. The molecule has 0 aliphatic rings. The maximum Gasteiger partial charge on any atom is 0.277 e. The lowest BCUT2D eigenvalue weighted by Gasteiger charge is -2.20. The number of nitrogens with zero attached hydrogens (tertiary/aromatic N) is 3. The van der Waals surface area contributed by atoms with Crippen molar-refractivity contribution in [1.82, 2.24) is 15.1 Å². The van der Waals surface area contributed by atoms with E-state index in [0.717, 1.165) is 5.56 Å². The van der Waals surface area contributed by atoms with Crippen LogP contribution in [0.15, 0.2) is 58.2 Å². The molecule has 152 valence electrons. The van der Waals surface area contributed by atoms with Crippen molar-refractivity contribution >= 4 is 17.7 Å². The van der Waals surface area contributed by atoms with E-state index < -0.39 is 0 Å². The zero-order valence-electron chi connectivity index (χ0n) is 16.6. The number of rotatable bonds is 9. The number of hydrogen-bond acceptors (Lipinski definition) is 7. The molecule has 0 fully saturated rings. The SMILES string of the molecule is CCN(Cc1ccccc1)C(=O)CSc1nnc(-c2ccc(OC)cc2OC)o1. The molecule has 0 unspecified atom stereocenters. The van der Waals surface area contributed by atoms with Crippen LogP contribution in [0.5, 0.6) is 11.5 Å². The van der Waals surface area contributed by atoms with Gasteiger partial charge in [-0.05, 0) is 24.6 Å². The van der Waals surface area contributed by atoms with Crippen LogP contribution in [0, 0.1) is 0 Å². The summed E-state index contributed by atoms with van der Waals surface area (Å²) in [5.74, 6) is 1.81. The van der Waals surface area contributed by atoms with Crippen molar-refractivity contribution < 1.29 is 18.7 Å². The van der Waals surface area contributed by atoms with Crippen molar-refractivity contribution in [3.05, 3.63) is 54.1 Å². The second kappa shape index (κ2) is 9.97. The molecule has 3 aromatic rings. The first kappa shape index (κ1) is 20.7. The van der Waals surface area contributed by atoms with Crippen LogP contribution >= 0.6 is 11.8 Å². The highest BCUT2D eigenvalue weighted by molar-refractivity contribution is 7.99. The molecular formula is C21H23N3O4S. The van der Waals surface area contributed by atoms with Gasteiger partial charge in [-0.2, -0.15) is 0 Å². The summed E-state index contributed by atoms with van der Waals surface area (Å²) in [4.78, 5) is 14.4. The first-order valence-electron chi connectivity index (χ1n) is 9.15. The molecule has 8 heteroatoms. The Morgan fingerprint density at radius 1 is 1.10 bits per heavy atom. The van der Waals surface area contributed by atoms with Gasteiger partial charge in [-0.25, -0.2) is 0 Å². The molecule has 7 nitrogen and oxygen atoms in total. The summed E-state index contributed by atoms with van der Waals surface area (Å²) in [6.45, 7) is 3.17. The second-order valence-electron chi connectivity index (χ2n) is 6.12. The second-order valence-corrected chi connectivity index (χ2v) is 7.05. The Morgan fingerprint density at radius 3 is 2.59 bits per heavy atom. The molecule has 0 aliphatic carbocycles. The van der Waals surface area contributed by atoms with Gasteiger partial charge in [-0.1, -0.05) is 42.1 Å². The Morgan fingerprint density at radius 2 is 1.90 bits per heavy atom. The first-order chi connectivity index (χ1) is 14.1. The Balaban J connectivity index is 1.63. The minimum absolute atomic E-state index is 0.0168. The Bertz CT molecular complexity index is 946. The summed E-state index contributed by atoms with van der Waals surface area (Å²) in [6, 6.07) is 15.3.